The van der Waals surface area contributed by atoms with E-state index >= 15 is 0 Å². The first-order valence-electron chi connectivity index (χ1n) is 5.50. The zero-order valence-corrected chi connectivity index (χ0v) is 11.1. The van der Waals surface area contributed by atoms with E-state index in [0.29, 0.717) is 12.2 Å². The van der Waals surface area contributed by atoms with Crippen molar-refractivity contribution in [1.29, 1.82) is 5.26 Å². The van der Waals surface area contributed by atoms with E-state index in [9.17, 15) is 17.4 Å². The summed E-state index contributed by atoms with van der Waals surface area (Å²) in [6.07, 6.45) is -2.43. The van der Waals surface area contributed by atoms with Crippen LogP contribution in [0.1, 0.15) is 17.5 Å². The lowest BCUT2D eigenvalue weighted by atomic mass is 10.1. The van der Waals surface area contributed by atoms with E-state index in [1.165, 1.54) is 12.3 Å². The predicted molar refractivity (Wildman–Crippen MR) is 68.2 cm³/mol. The molecule has 1 aromatic carbocycles. The van der Waals surface area contributed by atoms with Crippen LogP contribution in [0.5, 0.6) is 0 Å². The van der Waals surface area contributed by atoms with Gasteiger partial charge in [0.2, 0.25) is 0 Å². The van der Waals surface area contributed by atoms with Gasteiger partial charge in [-0.05, 0) is 24.6 Å². The van der Waals surface area contributed by atoms with Crippen molar-refractivity contribution in [2.24, 2.45) is 0 Å². The molecular formula is C12H13F3N2OS. The molecule has 1 atom stereocenters. The number of hydrogen-bond donors (Lipinski definition) is 1. The molecule has 0 aliphatic carbocycles. The quantitative estimate of drug-likeness (QED) is 0.848. The molecule has 0 saturated heterocycles. The van der Waals surface area contributed by atoms with Crippen LogP contribution in [-0.2, 0) is 17.0 Å². The molecule has 0 aliphatic rings. The molecule has 19 heavy (non-hydrogen) atoms. The molecule has 1 rings (SSSR count). The van der Waals surface area contributed by atoms with E-state index in [4.69, 9.17) is 5.26 Å². The predicted octanol–water partition coefficient (Wildman–Crippen LogP) is 2.76. The molecule has 3 nitrogen and oxygen atoms in total. The third-order valence-electron chi connectivity index (χ3n) is 2.38. The van der Waals surface area contributed by atoms with Gasteiger partial charge in [-0.2, -0.15) is 18.4 Å². The van der Waals surface area contributed by atoms with Crippen molar-refractivity contribution < 1.29 is 17.4 Å². The number of benzene rings is 1. The van der Waals surface area contributed by atoms with Crippen LogP contribution in [0.4, 0.5) is 18.9 Å². The highest BCUT2D eigenvalue weighted by Gasteiger charge is 2.33. The average Bonchev–Trinajstić information content (AvgIpc) is 2.32. The van der Waals surface area contributed by atoms with Crippen molar-refractivity contribution in [2.45, 2.75) is 12.6 Å². The molecule has 7 heteroatoms. The molecule has 0 aromatic heterocycles. The Kier molecular flexibility index (Phi) is 5.36. The lowest BCUT2D eigenvalue weighted by Crippen LogP contribution is -2.13. The number of rotatable bonds is 5. The second-order valence-corrected chi connectivity index (χ2v) is 5.48. The topological polar surface area (TPSA) is 52.9 Å². The van der Waals surface area contributed by atoms with E-state index in [1.54, 1.807) is 6.07 Å². The summed E-state index contributed by atoms with van der Waals surface area (Å²) < 4.78 is 49.1. The lowest BCUT2D eigenvalue weighted by molar-refractivity contribution is -0.136. The Bertz CT molecular complexity index is 509. The number of nitriles is 1. The van der Waals surface area contributed by atoms with E-state index in [0.717, 1.165) is 12.1 Å². The van der Waals surface area contributed by atoms with Crippen LogP contribution < -0.4 is 5.32 Å². The highest BCUT2D eigenvalue weighted by molar-refractivity contribution is 7.84. The van der Waals surface area contributed by atoms with Gasteiger partial charge in [-0.3, -0.25) is 4.21 Å². The van der Waals surface area contributed by atoms with Gasteiger partial charge in [0.05, 0.1) is 17.2 Å². The first-order valence-corrected chi connectivity index (χ1v) is 7.22. The summed E-state index contributed by atoms with van der Waals surface area (Å²) in [5.74, 6) is 0.423. The van der Waals surface area contributed by atoms with Crippen molar-refractivity contribution in [1.82, 2.24) is 0 Å². The van der Waals surface area contributed by atoms with Crippen LogP contribution in [0.25, 0.3) is 0 Å². The number of hydrogen-bond acceptors (Lipinski definition) is 3. The third-order valence-corrected chi connectivity index (χ3v) is 3.24. The summed E-state index contributed by atoms with van der Waals surface area (Å²) >= 11 is 0. The first kappa shape index (κ1) is 15.5. The molecular weight excluding hydrogens is 277 g/mol. The fourth-order valence-electron chi connectivity index (χ4n) is 1.51. The van der Waals surface area contributed by atoms with Gasteiger partial charge < -0.3 is 5.32 Å². The molecule has 0 radical (unpaired) electrons. The van der Waals surface area contributed by atoms with Gasteiger partial charge in [0, 0.05) is 35.0 Å². The fraction of sp³-hybridized carbons (Fsp3) is 0.417. The highest BCUT2D eigenvalue weighted by atomic mass is 32.2. The summed E-state index contributed by atoms with van der Waals surface area (Å²) in [5, 5.41) is 11.3. The first-order chi connectivity index (χ1) is 8.84. The van der Waals surface area contributed by atoms with Gasteiger partial charge in [-0.1, -0.05) is 0 Å². The van der Waals surface area contributed by atoms with Gasteiger partial charge >= 0.3 is 6.18 Å². The van der Waals surface area contributed by atoms with Crippen LogP contribution in [-0.4, -0.2) is 22.8 Å². The SMILES string of the molecule is CS(=O)CCCNc1cc(C#N)ccc1C(F)(F)F. The van der Waals surface area contributed by atoms with Gasteiger partial charge in [0.15, 0.2) is 0 Å². The molecule has 1 N–H and O–H groups in total. The van der Waals surface area contributed by atoms with E-state index in [2.05, 4.69) is 5.32 Å². The molecule has 0 fully saturated rings. The van der Waals surface area contributed by atoms with Gasteiger partial charge in [-0.25, -0.2) is 0 Å². The minimum Gasteiger partial charge on any atom is -0.384 e. The summed E-state index contributed by atoms with van der Waals surface area (Å²) in [7, 11) is -0.966. The fourth-order valence-corrected chi connectivity index (χ4v) is 2.06. The van der Waals surface area contributed by atoms with Gasteiger partial charge in [-0.15, -0.1) is 0 Å². The second kappa shape index (κ2) is 6.57. The second-order valence-electron chi connectivity index (χ2n) is 3.93. The third kappa shape index (κ3) is 4.91. The summed E-state index contributed by atoms with van der Waals surface area (Å²) in [5.41, 5.74) is -0.757. The highest BCUT2D eigenvalue weighted by Crippen LogP contribution is 2.35. The Labute approximate surface area is 111 Å². The van der Waals surface area contributed by atoms with Crippen molar-refractivity contribution >= 4 is 16.5 Å². The zero-order chi connectivity index (χ0) is 14.5. The maximum atomic E-state index is 12.7. The molecule has 0 heterocycles. The minimum absolute atomic E-state index is 0.117. The Morgan fingerprint density at radius 3 is 2.63 bits per heavy atom. The van der Waals surface area contributed by atoms with Crippen molar-refractivity contribution in [3.63, 3.8) is 0 Å². The smallest absolute Gasteiger partial charge is 0.384 e. The van der Waals surface area contributed by atoms with E-state index < -0.39 is 22.5 Å². The van der Waals surface area contributed by atoms with Crippen LogP contribution in [0, 0.1) is 11.3 Å². The van der Waals surface area contributed by atoms with Crippen molar-refractivity contribution in [2.75, 3.05) is 23.9 Å². The largest absolute Gasteiger partial charge is 0.418 e. The lowest BCUT2D eigenvalue weighted by Gasteiger charge is -2.14. The minimum atomic E-state index is -4.47. The maximum Gasteiger partial charge on any atom is 0.418 e. The van der Waals surface area contributed by atoms with Crippen LogP contribution in [0.3, 0.4) is 0 Å². The summed E-state index contributed by atoms with van der Waals surface area (Å²) in [6, 6.07) is 4.99. The van der Waals surface area contributed by atoms with Gasteiger partial charge in [0.1, 0.15) is 0 Å². The summed E-state index contributed by atoms with van der Waals surface area (Å²) in [4.78, 5) is 0. The number of alkyl halides is 3. The average molecular weight is 290 g/mol. The van der Waals surface area contributed by atoms with E-state index in [1.807, 2.05) is 0 Å². The Morgan fingerprint density at radius 1 is 1.42 bits per heavy atom. The Morgan fingerprint density at radius 2 is 2.11 bits per heavy atom. The normalized spacial score (nSPS) is 12.8. The molecule has 0 aliphatic heterocycles. The molecule has 1 unspecified atom stereocenters. The monoisotopic (exact) mass is 290 g/mol. The van der Waals surface area contributed by atoms with Crippen LogP contribution in [0.15, 0.2) is 18.2 Å². The van der Waals surface area contributed by atoms with Gasteiger partial charge in [0.25, 0.3) is 0 Å². The number of anilines is 1. The number of nitrogens with one attached hydrogen (secondary N) is 1. The standard InChI is InChI=1S/C12H13F3N2OS/c1-19(18)6-2-5-17-11-7-9(8-16)3-4-10(11)12(13,14)15/h3-4,7,17H,2,5-6H2,1H3. The molecule has 0 bridgehead atoms. The zero-order valence-electron chi connectivity index (χ0n) is 10.3. The number of halogens is 3. The maximum absolute atomic E-state index is 12.7. The van der Waals surface area contributed by atoms with Crippen molar-refractivity contribution in [3.8, 4) is 6.07 Å². The molecule has 0 saturated carbocycles. The van der Waals surface area contributed by atoms with Crippen LogP contribution >= 0.6 is 0 Å². The van der Waals surface area contributed by atoms with Crippen molar-refractivity contribution in [3.05, 3.63) is 29.3 Å². The van der Waals surface area contributed by atoms with Crippen LogP contribution in [0.2, 0.25) is 0 Å². The molecule has 0 spiro atoms. The molecule has 104 valence electrons. The molecule has 0 amide bonds. The Balaban J connectivity index is 2.84. The summed E-state index contributed by atoms with van der Waals surface area (Å²) in [6.45, 7) is 0.275. The van der Waals surface area contributed by atoms with E-state index in [-0.39, 0.29) is 17.8 Å². The molecule has 1 aromatic rings. The Hall–Kier alpha value is -1.55. The number of nitrogens with zero attached hydrogens (tertiary/aromatic N) is 1.